The maximum absolute atomic E-state index is 4.74. The van der Waals surface area contributed by atoms with Gasteiger partial charge in [-0.05, 0) is 46.9 Å². The van der Waals surface area contributed by atoms with E-state index in [0.717, 1.165) is 41.1 Å². The standard InChI is InChI=1S/C13H14BrN3S/c1-2-10-9-3-4-15-6-11(9)17-13(16-10)12-5-8(14)7-18-12/h5,7,15H,2-4,6H2,1H3. The molecule has 0 radical (unpaired) electrons. The highest BCUT2D eigenvalue weighted by Crippen LogP contribution is 2.29. The minimum absolute atomic E-state index is 0.865. The SMILES string of the molecule is CCc1nc(-c2cc(Br)cs2)nc2c1CCNC2. The van der Waals surface area contributed by atoms with Gasteiger partial charge in [0.15, 0.2) is 5.82 Å². The summed E-state index contributed by atoms with van der Waals surface area (Å²) in [4.78, 5) is 10.6. The van der Waals surface area contributed by atoms with Gasteiger partial charge in [-0.2, -0.15) is 0 Å². The van der Waals surface area contributed by atoms with E-state index in [9.17, 15) is 0 Å². The lowest BCUT2D eigenvalue weighted by molar-refractivity contribution is 0.617. The molecule has 3 rings (SSSR count). The number of fused-ring (bicyclic) bond motifs is 1. The number of aryl methyl sites for hydroxylation is 1. The number of aromatic nitrogens is 2. The number of nitrogens with zero attached hydrogens (tertiary/aromatic N) is 2. The molecule has 1 aliphatic rings. The van der Waals surface area contributed by atoms with Crippen LogP contribution in [0.25, 0.3) is 10.7 Å². The molecule has 94 valence electrons. The number of thiophene rings is 1. The summed E-state index contributed by atoms with van der Waals surface area (Å²) in [6.07, 6.45) is 2.03. The molecule has 2 aromatic heterocycles. The molecule has 0 bridgehead atoms. The molecule has 0 atom stereocenters. The van der Waals surface area contributed by atoms with E-state index in [1.54, 1.807) is 11.3 Å². The molecule has 0 unspecified atom stereocenters. The second-order valence-corrected chi connectivity index (χ2v) is 6.16. The van der Waals surface area contributed by atoms with E-state index in [1.807, 2.05) is 0 Å². The summed E-state index contributed by atoms with van der Waals surface area (Å²) in [5, 5.41) is 5.45. The van der Waals surface area contributed by atoms with Crippen LogP contribution in [-0.2, 0) is 19.4 Å². The van der Waals surface area contributed by atoms with Gasteiger partial charge in [0.2, 0.25) is 0 Å². The Morgan fingerprint density at radius 1 is 1.44 bits per heavy atom. The van der Waals surface area contributed by atoms with Crippen molar-refractivity contribution in [3.05, 3.63) is 32.9 Å². The molecule has 1 aliphatic heterocycles. The van der Waals surface area contributed by atoms with Crippen molar-refractivity contribution in [2.45, 2.75) is 26.3 Å². The van der Waals surface area contributed by atoms with Gasteiger partial charge >= 0.3 is 0 Å². The molecule has 3 nitrogen and oxygen atoms in total. The van der Waals surface area contributed by atoms with E-state index in [4.69, 9.17) is 9.97 Å². The lowest BCUT2D eigenvalue weighted by atomic mass is 10.0. The third-order valence-electron chi connectivity index (χ3n) is 3.15. The van der Waals surface area contributed by atoms with Crippen LogP contribution in [0.1, 0.15) is 23.9 Å². The fraction of sp³-hybridized carbons (Fsp3) is 0.385. The van der Waals surface area contributed by atoms with Gasteiger partial charge in [-0.1, -0.05) is 6.92 Å². The van der Waals surface area contributed by atoms with Gasteiger partial charge in [-0.3, -0.25) is 0 Å². The first-order valence-electron chi connectivity index (χ1n) is 6.11. The monoisotopic (exact) mass is 323 g/mol. The Bertz CT molecular complexity index is 562. The number of hydrogen-bond acceptors (Lipinski definition) is 4. The molecule has 0 saturated carbocycles. The first kappa shape index (κ1) is 12.3. The van der Waals surface area contributed by atoms with Gasteiger partial charge in [0.1, 0.15) is 0 Å². The van der Waals surface area contributed by atoms with E-state index in [1.165, 1.54) is 17.0 Å². The zero-order valence-electron chi connectivity index (χ0n) is 10.2. The van der Waals surface area contributed by atoms with Crippen LogP contribution in [0, 0.1) is 0 Å². The minimum atomic E-state index is 0.865. The van der Waals surface area contributed by atoms with Crippen molar-refractivity contribution in [3.8, 4) is 10.7 Å². The molecule has 0 fully saturated rings. The second-order valence-electron chi connectivity index (χ2n) is 4.33. The summed E-state index contributed by atoms with van der Waals surface area (Å²) in [5.41, 5.74) is 3.74. The first-order valence-corrected chi connectivity index (χ1v) is 7.79. The summed E-state index contributed by atoms with van der Waals surface area (Å²) in [7, 11) is 0. The lowest BCUT2D eigenvalue weighted by Crippen LogP contribution is -2.26. The maximum Gasteiger partial charge on any atom is 0.170 e. The van der Waals surface area contributed by atoms with E-state index in [0.29, 0.717) is 0 Å². The summed E-state index contributed by atoms with van der Waals surface area (Å²) in [5.74, 6) is 0.866. The van der Waals surface area contributed by atoms with Crippen molar-refractivity contribution in [3.63, 3.8) is 0 Å². The van der Waals surface area contributed by atoms with Crippen LogP contribution in [0.15, 0.2) is 15.9 Å². The van der Waals surface area contributed by atoms with Crippen LogP contribution < -0.4 is 5.32 Å². The summed E-state index contributed by atoms with van der Waals surface area (Å²) < 4.78 is 1.10. The van der Waals surface area contributed by atoms with Crippen LogP contribution in [0.5, 0.6) is 0 Å². The second kappa shape index (κ2) is 5.07. The van der Waals surface area contributed by atoms with Crippen LogP contribution in [0.4, 0.5) is 0 Å². The molecule has 5 heteroatoms. The highest BCUT2D eigenvalue weighted by atomic mass is 79.9. The van der Waals surface area contributed by atoms with Crippen LogP contribution in [-0.4, -0.2) is 16.5 Å². The summed E-state index contributed by atoms with van der Waals surface area (Å²) in [6.45, 7) is 4.07. The highest BCUT2D eigenvalue weighted by Gasteiger charge is 2.17. The number of rotatable bonds is 2. The van der Waals surface area contributed by atoms with Crippen molar-refractivity contribution >= 4 is 27.3 Å². The molecule has 2 aromatic rings. The van der Waals surface area contributed by atoms with Crippen molar-refractivity contribution in [2.24, 2.45) is 0 Å². The molecule has 3 heterocycles. The van der Waals surface area contributed by atoms with Gasteiger partial charge in [0, 0.05) is 22.1 Å². The van der Waals surface area contributed by atoms with Crippen molar-refractivity contribution in [2.75, 3.05) is 6.54 Å². The highest BCUT2D eigenvalue weighted by molar-refractivity contribution is 9.10. The molecule has 18 heavy (non-hydrogen) atoms. The van der Waals surface area contributed by atoms with Crippen LogP contribution in [0.3, 0.4) is 0 Å². The molecular weight excluding hydrogens is 310 g/mol. The average Bonchev–Trinajstić information content (AvgIpc) is 2.84. The van der Waals surface area contributed by atoms with E-state index in [-0.39, 0.29) is 0 Å². The Morgan fingerprint density at radius 2 is 2.33 bits per heavy atom. The fourth-order valence-electron chi connectivity index (χ4n) is 2.27. The largest absolute Gasteiger partial charge is 0.311 e. The molecular formula is C13H14BrN3S. The lowest BCUT2D eigenvalue weighted by Gasteiger charge is -2.19. The number of halogens is 1. The van der Waals surface area contributed by atoms with Crippen molar-refractivity contribution in [1.29, 1.82) is 0 Å². The minimum Gasteiger partial charge on any atom is -0.311 e. The molecule has 1 N–H and O–H groups in total. The summed E-state index contributed by atoms with van der Waals surface area (Å²) >= 11 is 5.16. The van der Waals surface area contributed by atoms with Crippen molar-refractivity contribution in [1.82, 2.24) is 15.3 Å². The Kier molecular flexibility index (Phi) is 3.46. The van der Waals surface area contributed by atoms with Gasteiger partial charge in [-0.15, -0.1) is 11.3 Å². The predicted octanol–water partition coefficient (Wildman–Crippen LogP) is 3.18. The average molecular weight is 324 g/mol. The Balaban J connectivity index is 2.11. The smallest absolute Gasteiger partial charge is 0.170 e. The molecule has 0 aliphatic carbocycles. The van der Waals surface area contributed by atoms with E-state index < -0.39 is 0 Å². The third kappa shape index (κ3) is 2.22. The predicted molar refractivity (Wildman–Crippen MR) is 77.8 cm³/mol. The van der Waals surface area contributed by atoms with Gasteiger partial charge in [0.05, 0.1) is 10.6 Å². The van der Waals surface area contributed by atoms with E-state index in [2.05, 4.69) is 39.6 Å². The number of hydrogen-bond donors (Lipinski definition) is 1. The van der Waals surface area contributed by atoms with Crippen LogP contribution in [0.2, 0.25) is 0 Å². The molecule has 0 aromatic carbocycles. The normalized spacial score (nSPS) is 14.6. The Morgan fingerprint density at radius 3 is 3.06 bits per heavy atom. The first-order chi connectivity index (χ1) is 8.78. The van der Waals surface area contributed by atoms with Crippen LogP contribution >= 0.6 is 27.3 Å². The topological polar surface area (TPSA) is 37.8 Å². The zero-order chi connectivity index (χ0) is 12.5. The quantitative estimate of drug-likeness (QED) is 0.922. The summed E-state index contributed by atoms with van der Waals surface area (Å²) in [6, 6.07) is 2.09. The molecule has 0 saturated heterocycles. The maximum atomic E-state index is 4.74. The molecule has 0 amide bonds. The Labute approximate surface area is 119 Å². The fourth-order valence-corrected chi connectivity index (χ4v) is 3.63. The third-order valence-corrected chi connectivity index (χ3v) is 4.83. The van der Waals surface area contributed by atoms with Crippen molar-refractivity contribution < 1.29 is 0 Å². The zero-order valence-corrected chi connectivity index (χ0v) is 12.6. The van der Waals surface area contributed by atoms with Gasteiger partial charge in [-0.25, -0.2) is 9.97 Å². The van der Waals surface area contributed by atoms with Gasteiger partial charge < -0.3 is 5.32 Å². The molecule has 0 spiro atoms. The Hall–Kier alpha value is -0.780. The number of nitrogens with one attached hydrogen (secondary N) is 1. The van der Waals surface area contributed by atoms with Gasteiger partial charge in [0.25, 0.3) is 0 Å². The van der Waals surface area contributed by atoms with E-state index >= 15 is 0 Å².